The van der Waals surface area contributed by atoms with Crippen molar-refractivity contribution in [1.29, 1.82) is 0 Å². The fourth-order valence-electron chi connectivity index (χ4n) is 2.78. The van der Waals surface area contributed by atoms with Gasteiger partial charge >= 0.3 is 6.01 Å². The number of hydrogen-bond acceptors (Lipinski definition) is 7. The Morgan fingerprint density at radius 2 is 1.81 bits per heavy atom. The Morgan fingerprint density at radius 3 is 2.48 bits per heavy atom. The minimum atomic E-state index is -3.47. The Bertz CT molecular complexity index is 1110. The summed E-state index contributed by atoms with van der Waals surface area (Å²) in [6, 6.07) is 14.0. The smallest absolute Gasteiger partial charge is 0.322 e. The van der Waals surface area contributed by atoms with E-state index in [4.69, 9.17) is 16.0 Å². The van der Waals surface area contributed by atoms with Gasteiger partial charge in [0.25, 0.3) is 0 Å². The monoisotopic (exact) mass is 479 g/mol. The molecule has 0 fully saturated rings. The molecule has 0 atom stereocenters. The molecule has 0 aliphatic heterocycles. The molecule has 0 saturated heterocycles. The first-order chi connectivity index (χ1) is 14.9. The van der Waals surface area contributed by atoms with Crippen molar-refractivity contribution in [2.24, 2.45) is 0 Å². The highest BCUT2D eigenvalue weighted by atomic mass is 35.5. The highest BCUT2D eigenvalue weighted by Crippen LogP contribution is 2.20. The van der Waals surface area contributed by atoms with Gasteiger partial charge in [0, 0.05) is 16.3 Å². The average Bonchev–Trinajstić information content (AvgIpc) is 3.16. The van der Waals surface area contributed by atoms with Crippen LogP contribution in [0.2, 0.25) is 5.02 Å². The minimum absolute atomic E-state index is 0.00119. The zero-order valence-electron chi connectivity index (χ0n) is 16.9. The number of thioether (sulfide) groups is 1. The number of halogens is 1. The second kappa shape index (κ2) is 10.8. The van der Waals surface area contributed by atoms with E-state index in [2.05, 4.69) is 22.4 Å². The van der Waals surface area contributed by atoms with Crippen LogP contribution in [0.1, 0.15) is 31.2 Å². The zero-order chi connectivity index (χ0) is 22.3. The molecule has 3 rings (SSSR count). The predicted molar refractivity (Wildman–Crippen MR) is 121 cm³/mol. The molecular formula is C21H22ClN3O4S2. The summed E-state index contributed by atoms with van der Waals surface area (Å²) in [6.07, 6.45) is 0.639. The number of benzene rings is 2. The Balaban J connectivity index is 1.46. The normalized spacial score (nSPS) is 11.4. The molecule has 1 amide bonds. The lowest BCUT2D eigenvalue weighted by molar-refractivity contribution is -0.116. The predicted octanol–water partition coefficient (Wildman–Crippen LogP) is 4.62. The quantitative estimate of drug-likeness (QED) is 0.423. The number of anilines is 1. The molecule has 3 aromatic rings. The molecule has 164 valence electrons. The summed E-state index contributed by atoms with van der Waals surface area (Å²) in [7, 11) is -3.47. The van der Waals surface area contributed by atoms with Crippen LogP contribution >= 0.6 is 23.4 Å². The first kappa shape index (κ1) is 23.3. The van der Waals surface area contributed by atoms with Crippen molar-refractivity contribution < 1.29 is 17.6 Å². The molecule has 0 unspecified atom stereocenters. The molecule has 2 aromatic carbocycles. The number of nitrogens with one attached hydrogen (secondary N) is 1. The second-order valence-electron chi connectivity index (χ2n) is 6.68. The van der Waals surface area contributed by atoms with E-state index in [-0.39, 0.29) is 35.4 Å². The highest BCUT2D eigenvalue weighted by molar-refractivity contribution is 7.99. The topological polar surface area (TPSA) is 102 Å². The molecule has 0 aliphatic rings. The third-order valence-corrected chi connectivity index (χ3v) is 7.26. The largest absolute Gasteiger partial charge is 0.407 e. The molecule has 0 spiro atoms. The van der Waals surface area contributed by atoms with E-state index >= 15 is 0 Å². The van der Waals surface area contributed by atoms with E-state index < -0.39 is 9.84 Å². The maximum Gasteiger partial charge on any atom is 0.322 e. The number of amides is 1. The van der Waals surface area contributed by atoms with E-state index in [0.717, 1.165) is 11.3 Å². The van der Waals surface area contributed by atoms with Crippen molar-refractivity contribution in [2.75, 3.05) is 16.8 Å². The first-order valence-electron chi connectivity index (χ1n) is 9.68. The molecular weight excluding hydrogens is 458 g/mol. The maximum atomic E-state index is 12.3. The highest BCUT2D eigenvalue weighted by Gasteiger charge is 2.16. The number of carbonyl (C=O) groups excluding carboxylic acids is 1. The van der Waals surface area contributed by atoms with Crippen LogP contribution in [0, 0.1) is 0 Å². The van der Waals surface area contributed by atoms with E-state index in [1.165, 1.54) is 29.2 Å². The van der Waals surface area contributed by atoms with E-state index in [1.54, 1.807) is 11.8 Å². The molecule has 1 N–H and O–H groups in total. The van der Waals surface area contributed by atoms with Crippen molar-refractivity contribution >= 4 is 45.1 Å². The van der Waals surface area contributed by atoms with Crippen LogP contribution < -0.4 is 5.32 Å². The Kier molecular flexibility index (Phi) is 8.11. The summed E-state index contributed by atoms with van der Waals surface area (Å²) in [5.74, 6) is 0.863. The summed E-state index contributed by atoms with van der Waals surface area (Å²) in [5.41, 5.74) is 1.02. The van der Waals surface area contributed by atoms with Gasteiger partial charge in [0.15, 0.2) is 9.84 Å². The van der Waals surface area contributed by atoms with Crippen LogP contribution in [0.3, 0.4) is 0 Å². The van der Waals surface area contributed by atoms with Crippen LogP contribution in [-0.4, -0.2) is 36.0 Å². The molecule has 0 aliphatic carbocycles. The fraction of sp³-hybridized carbons (Fsp3) is 0.286. The number of aromatic nitrogens is 2. The van der Waals surface area contributed by atoms with Gasteiger partial charge in [0.1, 0.15) is 0 Å². The third-order valence-electron chi connectivity index (χ3n) is 4.29. The van der Waals surface area contributed by atoms with Crippen molar-refractivity contribution in [3.63, 3.8) is 0 Å². The lowest BCUT2D eigenvalue weighted by Crippen LogP contribution is -2.14. The van der Waals surface area contributed by atoms with Crippen molar-refractivity contribution in [3.05, 3.63) is 65.0 Å². The van der Waals surface area contributed by atoms with Crippen LogP contribution in [0.5, 0.6) is 0 Å². The lowest BCUT2D eigenvalue weighted by Gasteiger charge is -2.04. The standard InChI is InChI=1S/C21H22ClN3O4S2/c1-2-30-17-9-5-15(6-10-17)14-20-24-25-21(29-20)23-19(26)4-3-13-31(27,28)18-11-7-16(22)8-12-18/h5-12H,2-4,13-14H2,1H3,(H,23,25,26). The van der Waals surface area contributed by atoms with Gasteiger partial charge in [-0.05, 0) is 54.1 Å². The third kappa shape index (κ3) is 7.09. The van der Waals surface area contributed by atoms with Gasteiger partial charge in [0.05, 0.1) is 17.1 Å². The molecule has 1 heterocycles. The summed E-state index contributed by atoms with van der Waals surface area (Å²) >= 11 is 7.55. The molecule has 0 saturated carbocycles. The molecule has 0 bridgehead atoms. The van der Waals surface area contributed by atoms with Gasteiger partial charge in [-0.3, -0.25) is 10.1 Å². The minimum Gasteiger partial charge on any atom is -0.407 e. The van der Waals surface area contributed by atoms with E-state index in [9.17, 15) is 13.2 Å². The van der Waals surface area contributed by atoms with Crippen LogP contribution in [0.15, 0.2) is 62.7 Å². The van der Waals surface area contributed by atoms with Crippen LogP contribution in [0.25, 0.3) is 0 Å². The number of hydrogen-bond donors (Lipinski definition) is 1. The Hall–Kier alpha value is -2.36. The molecule has 0 radical (unpaired) electrons. The number of nitrogens with zero attached hydrogens (tertiary/aromatic N) is 2. The van der Waals surface area contributed by atoms with Gasteiger partial charge < -0.3 is 4.42 Å². The van der Waals surface area contributed by atoms with Gasteiger partial charge in [-0.15, -0.1) is 16.9 Å². The summed E-state index contributed by atoms with van der Waals surface area (Å²) < 4.78 is 30.1. The van der Waals surface area contributed by atoms with E-state index in [1.807, 2.05) is 24.3 Å². The summed E-state index contributed by atoms with van der Waals surface area (Å²) in [5, 5.41) is 10.8. The van der Waals surface area contributed by atoms with Crippen molar-refractivity contribution in [2.45, 2.75) is 36.0 Å². The average molecular weight is 480 g/mol. The zero-order valence-corrected chi connectivity index (χ0v) is 19.3. The van der Waals surface area contributed by atoms with Crippen molar-refractivity contribution in [3.8, 4) is 0 Å². The molecule has 1 aromatic heterocycles. The van der Waals surface area contributed by atoms with Crippen LogP contribution in [-0.2, 0) is 21.1 Å². The molecule has 10 heteroatoms. The lowest BCUT2D eigenvalue weighted by atomic mass is 10.1. The fourth-order valence-corrected chi connectivity index (χ4v) is 4.88. The maximum absolute atomic E-state index is 12.3. The van der Waals surface area contributed by atoms with Gasteiger partial charge in [0.2, 0.25) is 11.8 Å². The second-order valence-corrected chi connectivity index (χ2v) is 10.6. The van der Waals surface area contributed by atoms with Gasteiger partial charge in [-0.2, -0.15) is 0 Å². The summed E-state index contributed by atoms with van der Waals surface area (Å²) in [4.78, 5) is 13.5. The van der Waals surface area contributed by atoms with Gasteiger partial charge in [-0.25, -0.2) is 8.42 Å². The Labute approximate surface area is 190 Å². The van der Waals surface area contributed by atoms with Gasteiger partial charge in [-0.1, -0.05) is 35.8 Å². The molecule has 31 heavy (non-hydrogen) atoms. The summed E-state index contributed by atoms with van der Waals surface area (Å²) in [6.45, 7) is 2.10. The van der Waals surface area contributed by atoms with E-state index in [0.29, 0.717) is 17.3 Å². The first-order valence-corrected chi connectivity index (χ1v) is 12.7. The SMILES string of the molecule is CCSc1ccc(Cc2nnc(NC(=O)CCCS(=O)(=O)c3ccc(Cl)cc3)o2)cc1. The Morgan fingerprint density at radius 1 is 1.10 bits per heavy atom. The number of carbonyl (C=O) groups is 1. The number of sulfone groups is 1. The number of rotatable bonds is 10. The van der Waals surface area contributed by atoms with Crippen molar-refractivity contribution in [1.82, 2.24) is 10.2 Å². The van der Waals surface area contributed by atoms with Crippen LogP contribution in [0.4, 0.5) is 6.01 Å². The molecule has 7 nitrogen and oxygen atoms in total.